The average Bonchev–Trinajstić information content (AvgIpc) is 3.66. The normalized spacial score (nSPS) is 13.2. The van der Waals surface area contributed by atoms with E-state index in [-0.39, 0.29) is 45.8 Å². The molecule has 0 unspecified atom stereocenters. The highest BCUT2D eigenvalue weighted by Crippen LogP contribution is 2.45. The van der Waals surface area contributed by atoms with Crippen LogP contribution in [0, 0.1) is 70.7 Å². The lowest BCUT2D eigenvalue weighted by Gasteiger charge is -2.13. The van der Waals surface area contributed by atoms with Crippen LogP contribution in [0.5, 0.6) is 0 Å². The van der Waals surface area contributed by atoms with E-state index in [1.807, 2.05) is 12.1 Å². The molecular weight excluding hydrogens is 626 g/mol. The van der Waals surface area contributed by atoms with Gasteiger partial charge in [0, 0.05) is 10.4 Å². The first-order valence-electron chi connectivity index (χ1n) is 14.2. The maximum absolute atomic E-state index is 14.4. The predicted octanol–water partition coefficient (Wildman–Crippen LogP) is 8.10. The van der Waals surface area contributed by atoms with Crippen molar-refractivity contribution in [3.63, 3.8) is 0 Å². The molecule has 0 N–H and O–H groups in total. The number of nitriles is 2. The van der Waals surface area contributed by atoms with Gasteiger partial charge in [0.1, 0.15) is 0 Å². The van der Waals surface area contributed by atoms with Gasteiger partial charge in [-0.1, -0.05) is 36.4 Å². The molecule has 0 fully saturated rings. The Balaban J connectivity index is 1.62. The van der Waals surface area contributed by atoms with Gasteiger partial charge in [0.25, 0.3) is 11.4 Å². The van der Waals surface area contributed by atoms with Crippen molar-refractivity contribution in [1.82, 2.24) is 0 Å². The van der Waals surface area contributed by atoms with Crippen molar-refractivity contribution >= 4 is 11.4 Å². The number of rotatable bonds is 2. The Morgan fingerprint density at radius 1 is 0.542 bits per heavy atom. The summed E-state index contributed by atoms with van der Waals surface area (Å²) in [4.78, 5) is 7.00. The lowest BCUT2D eigenvalue weighted by atomic mass is 9.90. The first-order chi connectivity index (χ1) is 23.1. The minimum absolute atomic E-state index is 0.0118. The Morgan fingerprint density at radius 3 is 1.19 bits per heavy atom. The largest absolute Gasteiger partial charge is 0.269 e. The van der Waals surface area contributed by atoms with Crippen LogP contribution in [0.15, 0.2) is 60.7 Å². The first-order valence-corrected chi connectivity index (χ1v) is 14.2. The van der Waals surface area contributed by atoms with Crippen LogP contribution in [0.2, 0.25) is 0 Å². The van der Waals surface area contributed by atoms with E-state index in [4.69, 9.17) is 13.1 Å². The standard InChI is InChI=1S/C38H14F6N4/c1-47-31(15-45)35-25-13-23-19(17-9-27(39)37(43)28(40)10-17)6-4-8-22(23)34(25)36(32(16-46)48-2)26-14-24-20(5-3-7-21(24)33(26)35)18-11-29(41)38(44)30(42)12-18/h3-12H,13-14H2/b35-31-,36-32+. The number of nitrogens with zero attached hydrogens (tertiary/aromatic N) is 4. The summed E-state index contributed by atoms with van der Waals surface area (Å²) in [5.41, 5.74) is 3.69. The fourth-order valence-corrected chi connectivity index (χ4v) is 6.94. The molecule has 5 aromatic carbocycles. The molecule has 0 aliphatic heterocycles. The molecule has 10 heteroatoms. The van der Waals surface area contributed by atoms with Crippen LogP contribution in [0.1, 0.15) is 22.3 Å². The zero-order chi connectivity index (χ0) is 34.0. The van der Waals surface area contributed by atoms with Gasteiger partial charge in [0.2, 0.25) is 0 Å². The van der Waals surface area contributed by atoms with E-state index < -0.39 is 34.9 Å². The van der Waals surface area contributed by atoms with Crippen molar-refractivity contribution in [2.45, 2.75) is 12.8 Å². The SMILES string of the molecule is [C-]#[N+]/C(C#N)=c1/c2c(/c(=C(\C#N)[N+]#[C-])c3c1-c1cccc(-c4cc(F)c(F)c(F)c4)c1C3)-c1cccc(-c3cc(F)c(F)c(F)c3)c1C2. The van der Waals surface area contributed by atoms with Crippen LogP contribution < -0.4 is 10.4 Å². The molecule has 228 valence electrons. The monoisotopic (exact) mass is 640 g/mol. The number of fused-ring (bicyclic) bond motifs is 6. The second-order valence-electron chi connectivity index (χ2n) is 11.1. The minimum atomic E-state index is -1.63. The Kier molecular flexibility index (Phi) is 6.90. The minimum Gasteiger partial charge on any atom is -0.226 e. The van der Waals surface area contributed by atoms with Crippen LogP contribution in [0.4, 0.5) is 26.3 Å². The summed E-state index contributed by atoms with van der Waals surface area (Å²) in [5.74, 6) is -8.84. The van der Waals surface area contributed by atoms with Crippen molar-refractivity contribution < 1.29 is 26.3 Å². The number of benzene rings is 5. The first kappa shape index (κ1) is 30.1. The van der Waals surface area contributed by atoms with Crippen molar-refractivity contribution in [2.24, 2.45) is 0 Å². The molecule has 0 amide bonds. The molecule has 0 saturated carbocycles. The second-order valence-corrected chi connectivity index (χ2v) is 11.1. The average molecular weight is 641 g/mol. The molecule has 0 spiro atoms. The van der Waals surface area contributed by atoms with E-state index in [1.54, 1.807) is 36.4 Å². The lowest BCUT2D eigenvalue weighted by Crippen LogP contribution is -2.25. The van der Waals surface area contributed by atoms with Gasteiger partial charge in [-0.25, -0.2) is 46.6 Å². The third-order valence-corrected chi connectivity index (χ3v) is 8.80. The third-order valence-electron chi connectivity index (χ3n) is 8.80. The molecule has 5 aromatic rings. The van der Waals surface area contributed by atoms with Gasteiger partial charge in [-0.15, -0.1) is 0 Å². The maximum atomic E-state index is 14.4. The quantitative estimate of drug-likeness (QED) is 0.109. The molecule has 0 aromatic heterocycles. The van der Waals surface area contributed by atoms with E-state index in [2.05, 4.69) is 9.69 Å². The topological polar surface area (TPSA) is 56.3 Å². The highest BCUT2D eigenvalue weighted by molar-refractivity contribution is 5.96. The molecule has 0 heterocycles. The van der Waals surface area contributed by atoms with Crippen LogP contribution in [-0.4, -0.2) is 0 Å². The van der Waals surface area contributed by atoms with Crippen LogP contribution in [-0.2, 0) is 12.8 Å². The summed E-state index contributed by atoms with van der Waals surface area (Å²) < 4.78 is 85.2. The van der Waals surface area contributed by atoms with Gasteiger partial charge in [0.15, 0.2) is 34.9 Å². The molecule has 48 heavy (non-hydrogen) atoms. The Morgan fingerprint density at radius 2 is 0.875 bits per heavy atom. The van der Waals surface area contributed by atoms with E-state index >= 15 is 0 Å². The molecule has 2 aliphatic carbocycles. The summed E-state index contributed by atoms with van der Waals surface area (Å²) >= 11 is 0. The molecular formula is C38H14F6N4. The number of hydrogen-bond donors (Lipinski definition) is 0. The van der Waals surface area contributed by atoms with Crippen LogP contribution >= 0.6 is 0 Å². The van der Waals surface area contributed by atoms with Gasteiger partial charge in [-0.2, -0.15) is 0 Å². The molecule has 7 rings (SSSR count). The predicted molar refractivity (Wildman–Crippen MR) is 164 cm³/mol. The maximum Gasteiger partial charge on any atom is 0.269 e. The van der Waals surface area contributed by atoms with Gasteiger partial charge < -0.3 is 0 Å². The fraction of sp³-hybridized carbons (Fsp3) is 0.0526. The molecule has 0 radical (unpaired) electrons. The Labute approximate surface area is 268 Å². The fourth-order valence-electron chi connectivity index (χ4n) is 6.94. The zero-order valence-electron chi connectivity index (χ0n) is 24.2. The Bertz CT molecular complexity index is 2370. The van der Waals surface area contributed by atoms with Crippen LogP contribution in [0.25, 0.3) is 65.6 Å². The van der Waals surface area contributed by atoms with Gasteiger partial charge in [-0.3, -0.25) is 0 Å². The van der Waals surface area contributed by atoms with Crippen LogP contribution in [0.3, 0.4) is 0 Å². The van der Waals surface area contributed by atoms with E-state index in [9.17, 15) is 36.9 Å². The van der Waals surface area contributed by atoms with Crippen molar-refractivity contribution in [3.8, 4) is 56.6 Å². The molecule has 0 bridgehead atoms. The van der Waals surface area contributed by atoms with E-state index in [0.717, 1.165) is 24.3 Å². The number of hydrogen-bond acceptors (Lipinski definition) is 2. The summed E-state index contributed by atoms with van der Waals surface area (Å²) in [5, 5.41) is 20.8. The lowest BCUT2D eigenvalue weighted by molar-refractivity contribution is 0.447. The van der Waals surface area contributed by atoms with Crippen molar-refractivity contribution in [1.29, 1.82) is 10.5 Å². The summed E-state index contributed by atoms with van der Waals surface area (Å²) in [7, 11) is 0. The summed E-state index contributed by atoms with van der Waals surface area (Å²) in [6.07, 6.45) is 0.0236. The molecule has 4 nitrogen and oxygen atoms in total. The second kappa shape index (κ2) is 11.0. The third kappa shape index (κ3) is 4.21. The number of halogens is 6. The van der Waals surface area contributed by atoms with Crippen molar-refractivity contribution in [2.75, 3.05) is 0 Å². The van der Waals surface area contributed by atoms with E-state index in [1.165, 1.54) is 0 Å². The highest BCUT2D eigenvalue weighted by atomic mass is 19.2. The van der Waals surface area contributed by atoms with E-state index in [0.29, 0.717) is 55.6 Å². The molecule has 0 atom stereocenters. The summed E-state index contributed by atoms with van der Waals surface area (Å²) in [6, 6.07) is 17.0. The smallest absolute Gasteiger partial charge is 0.226 e. The highest BCUT2D eigenvalue weighted by Gasteiger charge is 2.34. The Hall–Kier alpha value is -6.62. The van der Waals surface area contributed by atoms with Gasteiger partial charge in [-0.05, 0) is 104 Å². The van der Waals surface area contributed by atoms with Gasteiger partial charge >= 0.3 is 0 Å². The van der Waals surface area contributed by atoms with Gasteiger partial charge in [0.05, 0.1) is 25.3 Å². The van der Waals surface area contributed by atoms with Crippen molar-refractivity contribution in [3.05, 3.63) is 151 Å². The summed E-state index contributed by atoms with van der Waals surface area (Å²) in [6.45, 7) is 15.8. The zero-order valence-corrected chi connectivity index (χ0v) is 24.2. The molecule has 2 aliphatic rings. The molecule has 0 saturated heterocycles.